The van der Waals surface area contributed by atoms with Crippen molar-refractivity contribution in [1.82, 2.24) is 10.9 Å². The fourth-order valence-corrected chi connectivity index (χ4v) is 2.50. The Morgan fingerprint density at radius 3 is 1.97 bits per heavy atom. The van der Waals surface area contributed by atoms with Crippen LogP contribution in [0, 0.1) is 5.82 Å². The average molecular weight is 394 g/mol. The first-order chi connectivity index (χ1) is 14.1. The number of halogens is 1. The van der Waals surface area contributed by atoms with Crippen molar-refractivity contribution in [2.45, 2.75) is 0 Å². The van der Waals surface area contributed by atoms with Gasteiger partial charge in [-0.3, -0.25) is 20.4 Å². The zero-order chi connectivity index (χ0) is 20.5. The molecule has 2 N–H and O–H groups in total. The molecule has 29 heavy (non-hydrogen) atoms. The molecule has 0 aromatic heterocycles. The van der Waals surface area contributed by atoms with E-state index in [9.17, 15) is 14.0 Å². The summed E-state index contributed by atoms with van der Waals surface area (Å²) < 4.78 is 24.8. The van der Waals surface area contributed by atoms with Crippen LogP contribution in [0.2, 0.25) is 0 Å². The second-order valence-corrected chi connectivity index (χ2v) is 5.89. The quantitative estimate of drug-likeness (QED) is 0.476. The maximum absolute atomic E-state index is 13.6. The van der Waals surface area contributed by atoms with Crippen LogP contribution in [0.3, 0.4) is 0 Å². The summed E-state index contributed by atoms with van der Waals surface area (Å²) >= 11 is 0. The normalized spacial score (nSPS) is 10.1. The largest absolute Gasteiger partial charge is 0.490 e. The Morgan fingerprint density at radius 1 is 0.690 bits per heavy atom. The van der Waals surface area contributed by atoms with Gasteiger partial charge in [0.25, 0.3) is 11.8 Å². The van der Waals surface area contributed by atoms with Gasteiger partial charge in [-0.1, -0.05) is 42.5 Å². The summed E-state index contributed by atoms with van der Waals surface area (Å²) in [5, 5.41) is 0. The van der Waals surface area contributed by atoms with Crippen molar-refractivity contribution in [2.75, 3.05) is 13.2 Å². The molecular weight excluding hydrogens is 375 g/mol. The second-order valence-electron chi connectivity index (χ2n) is 5.89. The van der Waals surface area contributed by atoms with Crippen molar-refractivity contribution in [3.8, 4) is 11.5 Å². The fraction of sp³-hybridized carbons (Fsp3) is 0.0909. The molecule has 0 aliphatic rings. The molecular formula is C22H19FN2O4. The van der Waals surface area contributed by atoms with E-state index in [0.717, 1.165) is 11.8 Å². The molecule has 0 radical (unpaired) electrons. The van der Waals surface area contributed by atoms with Gasteiger partial charge in [-0.25, -0.2) is 4.39 Å². The number of carbonyl (C=O) groups excluding carboxylic acids is 2. The highest BCUT2D eigenvalue weighted by Crippen LogP contribution is 2.18. The van der Waals surface area contributed by atoms with E-state index in [-0.39, 0.29) is 17.7 Å². The third-order valence-electron chi connectivity index (χ3n) is 3.89. The topological polar surface area (TPSA) is 76.7 Å². The summed E-state index contributed by atoms with van der Waals surface area (Å²) in [5.41, 5.74) is 4.51. The molecule has 2 amide bonds. The molecule has 0 aliphatic heterocycles. The molecule has 0 spiro atoms. The lowest BCUT2D eigenvalue weighted by Crippen LogP contribution is -2.42. The van der Waals surface area contributed by atoms with Crippen molar-refractivity contribution >= 4 is 11.8 Å². The first-order valence-electron chi connectivity index (χ1n) is 8.90. The van der Waals surface area contributed by atoms with Gasteiger partial charge in [-0.2, -0.15) is 0 Å². The number of carbonyl (C=O) groups is 2. The average Bonchev–Trinajstić information content (AvgIpc) is 2.76. The molecule has 6 nitrogen and oxygen atoms in total. The number of ether oxygens (including phenoxy) is 2. The second kappa shape index (κ2) is 9.89. The molecule has 3 aromatic carbocycles. The molecule has 0 saturated heterocycles. The van der Waals surface area contributed by atoms with E-state index in [1.54, 1.807) is 24.3 Å². The van der Waals surface area contributed by atoms with Gasteiger partial charge >= 0.3 is 0 Å². The number of hydrogen-bond donors (Lipinski definition) is 2. The maximum Gasteiger partial charge on any atom is 0.273 e. The number of para-hydroxylation sites is 2. The number of hydrazine groups is 1. The van der Waals surface area contributed by atoms with Gasteiger partial charge in [0.2, 0.25) is 0 Å². The SMILES string of the molecule is O=C(NNC(=O)c1ccccc1OCCOc1ccccc1)c1ccccc1F. The summed E-state index contributed by atoms with van der Waals surface area (Å²) in [7, 11) is 0. The minimum Gasteiger partial charge on any atom is -0.490 e. The van der Waals surface area contributed by atoms with Crippen molar-refractivity contribution in [3.63, 3.8) is 0 Å². The third kappa shape index (κ3) is 5.55. The molecule has 7 heteroatoms. The van der Waals surface area contributed by atoms with Crippen LogP contribution in [-0.4, -0.2) is 25.0 Å². The van der Waals surface area contributed by atoms with Crippen LogP contribution in [0.15, 0.2) is 78.9 Å². The van der Waals surface area contributed by atoms with Crippen LogP contribution in [-0.2, 0) is 0 Å². The molecule has 0 atom stereocenters. The smallest absolute Gasteiger partial charge is 0.273 e. The van der Waals surface area contributed by atoms with Crippen molar-refractivity contribution in [1.29, 1.82) is 0 Å². The number of benzene rings is 3. The Hall–Kier alpha value is -3.87. The number of amides is 2. The molecule has 0 bridgehead atoms. The lowest BCUT2D eigenvalue weighted by Gasteiger charge is -2.13. The first kappa shape index (κ1) is 19.9. The van der Waals surface area contributed by atoms with E-state index >= 15 is 0 Å². The fourth-order valence-electron chi connectivity index (χ4n) is 2.50. The standard InChI is InChI=1S/C22H19FN2O4/c23-19-12-6-4-10-17(19)21(26)24-25-22(27)18-11-5-7-13-20(18)29-15-14-28-16-8-2-1-3-9-16/h1-13H,14-15H2,(H,24,26)(H,25,27). The highest BCUT2D eigenvalue weighted by molar-refractivity contribution is 6.00. The van der Waals surface area contributed by atoms with Gasteiger partial charge in [0.1, 0.15) is 30.5 Å². The van der Waals surface area contributed by atoms with E-state index in [0.29, 0.717) is 12.4 Å². The lowest BCUT2D eigenvalue weighted by molar-refractivity contribution is 0.0841. The molecule has 3 aromatic rings. The van der Waals surface area contributed by atoms with Crippen LogP contribution in [0.5, 0.6) is 11.5 Å². The van der Waals surface area contributed by atoms with Crippen LogP contribution in [0.4, 0.5) is 4.39 Å². The van der Waals surface area contributed by atoms with Gasteiger partial charge in [0, 0.05) is 0 Å². The highest BCUT2D eigenvalue weighted by atomic mass is 19.1. The van der Waals surface area contributed by atoms with Gasteiger partial charge in [-0.15, -0.1) is 0 Å². The maximum atomic E-state index is 13.6. The zero-order valence-electron chi connectivity index (χ0n) is 15.4. The molecule has 0 fully saturated rings. The van der Waals surface area contributed by atoms with Crippen LogP contribution in [0.1, 0.15) is 20.7 Å². The van der Waals surface area contributed by atoms with E-state index in [2.05, 4.69) is 10.9 Å². The Balaban J connectivity index is 1.54. The highest BCUT2D eigenvalue weighted by Gasteiger charge is 2.15. The Labute approximate surface area is 167 Å². The summed E-state index contributed by atoms with van der Waals surface area (Å²) in [6.45, 7) is 0.519. The van der Waals surface area contributed by atoms with Crippen LogP contribution >= 0.6 is 0 Å². The number of nitrogens with one attached hydrogen (secondary N) is 2. The predicted octanol–water partition coefficient (Wildman–Crippen LogP) is 3.36. The minimum atomic E-state index is -0.758. The van der Waals surface area contributed by atoms with Gasteiger partial charge < -0.3 is 9.47 Å². The van der Waals surface area contributed by atoms with E-state index in [1.165, 1.54) is 18.2 Å². The third-order valence-corrected chi connectivity index (χ3v) is 3.89. The lowest BCUT2D eigenvalue weighted by atomic mass is 10.2. The van der Waals surface area contributed by atoms with E-state index in [1.807, 2.05) is 30.3 Å². The molecule has 0 heterocycles. The summed E-state index contributed by atoms with van der Waals surface area (Å²) in [6.07, 6.45) is 0. The van der Waals surface area contributed by atoms with Crippen molar-refractivity contribution < 1.29 is 23.5 Å². The summed E-state index contributed by atoms with van der Waals surface area (Å²) in [5.74, 6) is -0.971. The Bertz CT molecular complexity index is 979. The Kier molecular flexibility index (Phi) is 6.78. The first-order valence-corrected chi connectivity index (χ1v) is 8.90. The van der Waals surface area contributed by atoms with Crippen LogP contribution in [0.25, 0.3) is 0 Å². The number of rotatable bonds is 7. The molecule has 0 saturated carbocycles. The molecule has 0 unspecified atom stereocenters. The monoisotopic (exact) mass is 394 g/mol. The zero-order valence-corrected chi connectivity index (χ0v) is 15.4. The van der Waals surface area contributed by atoms with Crippen molar-refractivity contribution in [3.05, 3.63) is 95.8 Å². The summed E-state index contributed by atoms with van der Waals surface area (Å²) in [6, 6.07) is 21.4. The van der Waals surface area contributed by atoms with E-state index < -0.39 is 17.6 Å². The van der Waals surface area contributed by atoms with Crippen molar-refractivity contribution in [2.24, 2.45) is 0 Å². The predicted molar refractivity (Wildman–Crippen MR) is 105 cm³/mol. The molecule has 3 rings (SSSR count). The Morgan fingerprint density at radius 2 is 1.24 bits per heavy atom. The molecule has 0 aliphatic carbocycles. The minimum absolute atomic E-state index is 0.171. The van der Waals surface area contributed by atoms with Crippen LogP contribution < -0.4 is 20.3 Å². The summed E-state index contributed by atoms with van der Waals surface area (Å²) in [4.78, 5) is 24.4. The van der Waals surface area contributed by atoms with Gasteiger partial charge in [0.05, 0.1) is 11.1 Å². The number of hydrogen-bond acceptors (Lipinski definition) is 4. The van der Waals surface area contributed by atoms with E-state index in [4.69, 9.17) is 9.47 Å². The van der Waals surface area contributed by atoms with Gasteiger partial charge in [0.15, 0.2) is 0 Å². The van der Waals surface area contributed by atoms with Gasteiger partial charge in [-0.05, 0) is 36.4 Å². The molecule has 148 valence electrons.